The molecule has 7 atom stereocenters. The largest absolute Gasteiger partial charge is 0.497 e. The normalized spacial score (nSPS) is 43.2. The number of halogens is 2. The molecule has 4 nitrogen and oxygen atoms in total. The first-order valence-electron chi connectivity index (χ1n) is 15.2. The number of methoxy groups -OCH3 is 1. The van der Waals surface area contributed by atoms with E-state index in [1.54, 1.807) is 7.11 Å². The van der Waals surface area contributed by atoms with Gasteiger partial charge in [-0.1, -0.05) is 26.0 Å². The Morgan fingerprint density at radius 2 is 1.66 bits per heavy atom. The molecular formula is C32H48F2N2O2. The van der Waals surface area contributed by atoms with Crippen LogP contribution in [0.4, 0.5) is 8.78 Å². The van der Waals surface area contributed by atoms with Gasteiger partial charge in [0.25, 0.3) is 5.92 Å². The van der Waals surface area contributed by atoms with Crippen LogP contribution in [-0.2, 0) is 6.54 Å². The van der Waals surface area contributed by atoms with E-state index in [-0.39, 0.29) is 17.8 Å². The van der Waals surface area contributed by atoms with E-state index >= 15 is 0 Å². The molecule has 6 rings (SSSR count). The second kappa shape index (κ2) is 9.69. The van der Waals surface area contributed by atoms with Gasteiger partial charge in [-0.2, -0.15) is 0 Å². The van der Waals surface area contributed by atoms with Crippen LogP contribution in [0, 0.1) is 34.5 Å². The zero-order valence-electron chi connectivity index (χ0n) is 23.7. The maximum atomic E-state index is 14.9. The lowest BCUT2D eigenvalue weighted by Crippen LogP contribution is -2.59. The van der Waals surface area contributed by atoms with Gasteiger partial charge in [-0.3, -0.25) is 9.80 Å². The lowest BCUT2D eigenvalue weighted by atomic mass is 9.44. The molecule has 0 unspecified atom stereocenters. The number of piperazine rings is 1. The van der Waals surface area contributed by atoms with E-state index in [0.717, 1.165) is 83.5 Å². The number of aliphatic hydroxyl groups is 1. The average molecular weight is 531 g/mol. The standard InChI is InChI=1S/C32H48F2N2O2/c1-29-13-14-31(37,22-36-17-15-35(16-18-36)21-23-5-4-6-25(19-23)38-3)20-24(29)7-8-26-27(29)9-11-30(2)28(26)10-12-32(30,33)34/h4-6,19,24,26-28,37H,7-18,20-22H2,1-3H3/t24-,26+,27-,28-,29-,30-,31+/m0/s1. The molecule has 212 valence electrons. The van der Waals surface area contributed by atoms with Crippen molar-refractivity contribution in [1.82, 2.24) is 9.80 Å². The lowest BCUT2D eigenvalue weighted by molar-refractivity contribution is -0.184. The fraction of sp³-hybridized carbons (Fsp3) is 0.812. The Morgan fingerprint density at radius 3 is 2.42 bits per heavy atom. The Kier molecular flexibility index (Phi) is 6.88. The zero-order chi connectivity index (χ0) is 26.8. The number of hydrogen-bond donors (Lipinski definition) is 1. The van der Waals surface area contributed by atoms with Crippen molar-refractivity contribution in [2.24, 2.45) is 34.5 Å². The summed E-state index contributed by atoms with van der Waals surface area (Å²) in [5.74, 6) is 0.118. The fourth-order valence-corrected chi connectivity index (χ4v) is 9.95. The summed E-state index contributed by atoms with van der Waals surface area (Å²) < 4.78 is 35.2. The third-order valence-electron chi connectivity index (χ3n) is 12.3. The highest BCUT2D eigenvalue weighted by Gasteiger charge is 2.66. The van der Waals surface area contributed by atoms with Gasteiger partial charge in [0, 0.05) is 51.1 Å². The van der Waals surface area contributed by atoms with Crippen molar-refractivity contribution < 1.29 is 18.6 Å². The lowest BCUT2D eigenvalue weighted by Gasteiger charge is -2.62. The van der Waals surface area contributed by atoms with Gasteiger partial charge in [-0.15, -0.1) is 0 Å². The fourth-order valence-electron chi connectivity index (χ4n) is 9.95. The van der Waals surface area contributed by atoms with Gasteiger partial charge >= 0.3 is 0 Å². The highest BCUT2D eigenvalue weighted by Crippen LogP contribution is 2.69. The van der Waals surface area contributed by atoms with Crippen molar-refractivity contribution in [3.05, 3.63) is 29.8 Å². The molecule has 5 fully saturated rings. The van der Waals surface area contributed by atoms with Gasteiger partial charge < -0.3 is 9.84 Å². The highest BCUT2D eigenvalue weighted by atomic mass is 19.3. The van der Waals surface area contributed by atoms with E-state index in [1.807, 2.05) is 13.0 Å². The first-order chi connectivity index (χ1) is 18.1. The number of hydrogen-bond acceptors (Lipinski definition) is 4. The van der Waals surface area contributed by atoms with Crippen LogP contribution in [-0.4, -0.2) is 66.3 Å². The second-order valence-corrected chi connectivity index (χ2v) is 14.2. The minimum absolute atomic E-state index is 0.0874. The van der Waals surface area contributed by atoms with Crippen molar-refractivity contribution >= 4 is 0 Å². The highest BCUT2D eigenvalue weighted by molar-refractivity contribution is 5.28. The minimum Gasteiger partial charge on any atom is -0.497 e. The first-order valence-corrected chi connectivity index (χ1v) is 15.2. The van der Waals surface area contributed by atoms with Gasteiger partial charge in [0.15, 0.2) is 0 Å². The third-order valence-corrected chi connectivity index (χ3v) is 12.3. The summed E-state index contributed by atoms with van der Waals surface area (Å²) in [4.78, 5) is 4.97. The van der Waals surface area contributed by atoms with E-state index < -0.39 is 16.9 Å². The minimum atomic E-state index is -2.49. The summed E-state index contributed by atoms with van der Waals surface area (Å²) in [6, 6.07) is 8.33. The molecule has 5 aliphatic rings. The summed E-state index contributed by atoms with van der Waals surface area (Å²) in [7, 11) is 1.71. The van der Waals surface area contributed by atoms with Crippen LogP contribution in [0.25, 0.3) is 0 Å². The molecule has 1 heterocycles. The van der Waals surface area contributed by atoms with Crippen LogP contribution in [0.15, 0.2) is 24.3 Å². The molecule has 1 aromatic rings. The van der Waals surface area contributed by atoms with Crippen molar-refractivity contribution in [1.29, 1.82) is 0 Å². The molecule has 1 aliphatic heterocycles. The van der Waals surface area contributed by atoms with Gasteiger partial charge in [0.1, 0.15) is 5.75 Å². The number of rotatable bonds is 5. The predicted molar refractivity (Wildman–Crippen MR) is 146 cm³/mol. The molecule has 38 heavy (non-hydrogen) atoms. The van der Waals surface area contributed by atoms with Crippen LogP contribution in [0.5, 0.6) is 5.75 Å². The number of alkyl halides is 2. The van der Waals surface area contributed by atoms with E-state index in [2.05, 4.69) is 34.9 Å². The summed E-state index contributed by atoms with van der Waals surface area (Å²) >= 11 is 0. The van der Waals surface area contributed by atoms with Crippen molar-refractivity contribution in [2.45, 2.75) is 89.7 Å². The summed E-state index contributed by atoms with van der Waals surface area (Å²) in [6.45, 7) is 10.1. The molecule has 1 N–H and O–H groups in total. The predicted octanol–water partition coefficient (Wildman–Crippen LogP) is 6.22. The second-order valence-electron chi connectivity index (χ2n) is 14.2. The summed E-state index contributed by atoms with van der Waals surface area (Å²) in [5, 5.41) is 11.8. The van der Waals surface area contributed by atoms with Gasteiger partial charge in [-0.25, -0.2) is 8.78 Å². The first kappa shape index (κ1) is 27.0. The number of β-amino-alcohol motifs (C(OH)–C–C–N with tert-alkyl or cyclic N) is 1. The zero-order valence-corrected chi connectivity index (χ0v) is 23.7. The number of benzene rings is 1. The van der Waals surface area contributed by atoms with E-state index in [4.69, 9.17) is 4.74 Å². The molecule has 0 bridgehead atoms. The molecule has 1 aromatic carbocycles. The van der Waals surface area contributed by atoms with Crippen LogP contribution in [0.2, 0.25) is 0 Å². The van der Waals surface area contributed by atoms with Gasteiger partial charge in [0.05, 0.1) is 12.7 Å². The number of fused-ring (bicyclic) bond motifs is 5. The molecule has 0 spiro atoms. The maximum absolute atomic E-state index is 14.9. The monoisotopic (exact) mass is 530 g/mol. The van der Waals surface area contributed by atoms with E-state index in [9.17, 15) is 13.9 Å². The molecule has 4 saturated carbocycles. The number of ether oxygens (including phenoxy) is 1. The Balaban J connectivity index is 1.05. The van der Waals surface area contributed by atoms with E-state index in [0.29, 0.717) is 30.6 Å². The molecular weight excluding hydrogens is 482 g/mol. The van der Waals surface area contributed by atoms with E-state index in [1.165, 1.54) is 5.56 Å². The van der Waals surface area contributed by atoms with Crippen molar-refractivity contribution in [2.75, 3.05) is 39.8 Å². The SMILES string of the molecule is COc1cccc(CN2CCN(C[C@@]3(O)CC[C@@]4(C)[C@@H](CC[C@@H]5[C@@H]4CC[C@@]4(C)[C@H]5CCC4(F)F)C3)CC2)c1. The molecule has 0 radical (unpaired) electrons. The molecule has 1 saturated heterocycles. The molecule has 0 aromatic heterocycles. The Bertz CT molecular complexity index is 1010. The van der Waals surface area contributed by atoms with Crippen LogP contribution >= 0.6 is 0 Å². The molecule has 0 amide bonds. The number of nitrogens with zero attached hydrogens (tertiary/aromatic N) is 2. The quantitative estimate of drug-likeness (QED) is 0.490. The third kappa shape index (κ3) is 4.51. The van der Waals surface area contributed by atoms with Gasteiger partial charge in [0.2, 0.25) is 0 Å². The molecule has 6 heteroatoms. The Labute approximate surface area is 228 Å². The van der Waals surface area contributed by atoms with Crippen molar-refractivity contribution in [3.63, 3.8) is 0 Å². The van der Waals surface area contributed by atoms with Crippen molar-refractivity contribution in [3.8, 4) is 5.75 Å². The van der Waals surface area contributed by atoms with Gasteiger partial charge in [-0.05, 0) is 98.1 Å². The average Bonchev–Trinajstić information content (AvgIpc) is 3.14. The maximum Gasteiger partial charge on any atom is 0.253 e. The molecule has 4 aliphatic carbocycles. The summed E-state index contributed by atoms with van der Waals surface area (Å²) in [5.41, 5.74) is 0.0730. The van der Waals surface area contributed by atoms with Crippen LogP contribution in [0.3, 0.4) is 0 Å². The summed E-state index contributed by atoms with van der Waals surface area (Å²) in [6.07, 6.45) is 7.40. The Morgan fingerprint density at radius 1 is 0.921 bits per heavy atom. The smallest absolute Gasteiger partial charge is 0.253 e. The van der Waals surface area contributed by atoms with Crippen LogP contribution in [0.1, 0.15) is 77.2 Å². The topological polar surface area (TPSA) is 35.9 Å². The van der Waals surface area contributed by atoms with Crippen LogP contribution < -0.4 is 4.74 Å². The Hall–Kier alpha value is -1.24.